The summed E-state index contributed by atoms with van der Waals surface area (Å²) >= 11 is 0. The Balaban J connectivity index is 0.000000431. The first kappa shape index (κ1) is 34.8. The molecule has 9 heteroatoms. The lowest BCUT2D eigenvalue weighted by atomic mass is 9.91. The van der Waals surface area contributed by atoms with Gasteiger partial charge in [-0.3, -0.25) is 9.79 Å². The number of amidine groups is 1. The Labute approximate surface area is 252 Å². The van der Waals surface area contributed by atoms with Gasteiger partial charge in [-0.1, -0.05) is 51.1 Å². The van der Waals surface area contributed by atoms with Crippen LogP contribution in [0, 0.1) is 11.6 Å². The first-order chi connectivity index (χ1) is 20.1. The zero-order chi connectivity index (χ0) is 31.2. The Morgan fingerprint density at radius 1 is 0.976 bits per heavy atom. The first-order valence-corrected chi connectivity index (χ1v) is 15.5. The number of nitrogens with two attached hydrogens (primary N) is 1. The largest absolute Gasteiger partial charge is 0.365 e. The van der Waals surface area contributed by atoms with Crippen LogP contribution in [-0.2, 0) is 28.6 Å². The van der Waals surface area contributed by atoms with Crippen molar-refractivity contribution >= 4 is 28.4 Å². The fourth-order valence-electron chi connectivity index (χ4n) is 4.71. The molecule has 0 radical (unpaired) electrons. The lowest BCUT2D eigenvalue weighted by Crippen LogP contribution is -2.41. The maximum Gasteiger partial charge on any atom is 0.228 e. The van der Waals surface area contributed by atoms with E-state index in [0.29, 0.717) is 17.0 Å². The van der Waals surface area contributed by atoms with Gasteiger partial charge in [0.15, 0.2) is 0 Å². The highest BCUT2D eigenvalue weighted by atomic mass is 32.2. The van der Waals surface area contributed by atoms with E-state index < -0.39 is 16.8 Å². The Morgan fingerprint density at radius 2 is 1.64 bits per heavy atom. The molecular formula is C33H44F2N4O2S. The van der Waals surface area contributed by atoms with Crippen LogP contribution in [0.3, 0.4) is 0 Å². The molecule has 0 saturated heterocycles. The van der Waals surface area contributed by atoms with Gasteiger partial charge in [-0.25, -0.2) is 18.1 Å². The van der Waals surface area contributed by atoms with Crippen molar-refractivity contribution < 1.29 is 17.8 Å². The summed E-state index contributed by atoms with van der Waals surface area (Å²) in [6.45, 7) is 6.30. The molecule has 42 heavy (non-hydrogen) atoms. The molecule has 3 aromatic rings. The number of hydrogen-bond donors (Lipinski definition) is 1. The Bertz CT molecular complexity index is 1360. The van der Waals surface area contributed by atoms with E-state index in [9.17, 15) is 17.8 Å². The minimum absolute atomic E-state index is 0.0236. The van der Waals surface area contributed by atoms with E-state index >= 15 is 0 Å². The van der Waals surface area contributed by atoms with Crippen LogP contribution < -0.4 is 10.0 Å². The second kappa shape index (κ2) is 17.5. The van der Waals surface area contributed by atoms with Gasteiger partial charge in [0.1, 0.15) is 28.5 Å². The van der Waals surface area contributed by atoms with Crippen molar-refractivity contribution in [3.63, 3.8) is 0 Å². The van der Waals surface area contributed by atoms with E-state index in [0.717, 1.165) is 30.4 Å². The van der Waals surface area contributed by atoms with Crippen LogP contribution in [0.4, 0.5) is 14.5 Å². The summed E-state index contributed by atoms with van der Waals surface area (Å²) in [6, 6.07) is 18.5. The van der Waals surface area contributed by atoms with E-state index in [1.807, 2.05) is 51.9 Å². The van der Waals surface area contributed by atoms with Gasteiger partial charge >= 0.3 is 0 Å². The number of fused-ring (bicyclic) bond motifs is 1. The van der Waals surface area contributed by atoms with Gasteiger partial charge in [0.2, 0.25) is 5.91 Å². The first-order valence-electron chi connectivity index (χ1n) is 14.3. The molecule has 1 aliphatic rings. The molecule has 6 nitrogen and oxygen atoms in total. The average Bonchev–Trinajstić information content (AvgIpc) is 2.98. The highest BCUT2D eigenvalue weighted by Crippen LogP contribution is 2.29. The monoisotopic (exact) mass is 598 g/mol. The van der Waals surface area contributed by atoms with E-state index in [2.05, 4.69) is 17.1 Å². The number of hydrogen-bond acceptors (Lipinski definition) is 3. The summed E-state index contributed by atoms with van der Waals surface area (Å²) in [5.41, 5.74) is 4.19. The molecule has 1 aliphatic carbocycles. The van der Waals surface area contributed by atoms with Crippen molar-refractivity contribution in [2.45, 2.75) is 63.7 Å². The summed E-state index contributed by atoms with van der Waals surface area (Å²) in [5, 5.41) is 4.99. The van der Waals surface area contributed by atoms with Crippen LogP contribution in [0.25, 0.3) is 0 Å². The quantitative estimate of drug-likeness (QED) is 0.244. The standard InChI is InChI=1S/C25H32FN3O.C6H6FNOS.C2H6/c1-18(22-11-7-8-12-23(22)26)15-25(30)29(17-24(27-2)28(3)4)21-14-13-19-9-5-6-10-20(19)16-21;7-5-2-1-3-6(4-5)10(8)9;1-2/h7-8,11-14,16,18H,5-6,9-10,15,17H2,1-4H3;1-4H,8H2;1-2H3. The topological polar surface area (TPSA) is 79.0 Å². The van der Waals surface area contributed by atoms with Crippen LogP contribution in [-0.4, -0.2) is 48.5 Å². The molecule has 2 atom stereocenters. The summed E-state index contributed by atoms with van der Waals surface area (Å²) in [5.74, 6) is -0.0946. The van der Waals surface area contributed by atoms with Crippen molar-refractivity contribution in [3.05, 3.63) is 95.1 Å². The van der Waals surface area contributed by atoms with Gasteiger partial charge in [0, 0.05) is 33.3 Å². The molecule has 0 aliphatic heterocycles. The predicted molar refractivity (Wildman–Crippen MR) is 170 cm³/mol. The second-order valence-corrected chi connectivity index (χ2v) is 11.1. The van der Waals surface area contributed by atoms with E-state index in [1.165, 1.54) is 48.2 Å². The number of benzene rings is 3. The molecule has 2 unspecified atom stereocenters. The van der Waals surface area contributed by atoms with Gasteiger partial charge in [-0.15, -0.1) is 0 Å². The van der Waals surface area contributed by atoms with Gasteiger partial charge in [-0.2, -0.15) is 0 Å². The third-order valence-electron chi connectivity index (χ3n) is 6.96. The molecule has 4 rings (SSSR count). The number of likely N-dealkylation sites (N-methyl/N-ethyl adjacent to an activating group) is 1. The zero-order valence-corrected chi connectivity index (χ0v) is 26.4. The van der Waals surface area contributed by atoms with Crippen LogP contribution in [0.1, 0.15) is 62.6 Å². The van der Waals surface area contributed by atoms with Gasteiger partial charge in [0.05, 0.1) is 11.4 Å². The van der Waals surface area contributed by atoms with Crippen LogP contribution in [0.2, 0.25) is 0 Å². The number of rotatable bonds is 7. The molecule has 0 spiro atoms. The normalized spacial score (nSPS) is 13.8. The molecule has 0 aromatic heterocycles. The molecule has 228 valence electrons. The molecule has 2 N–H and O–H groups in total. The van der Waals surface area contributed by atoms with Crippen molar-refractivity contribution in [2.24, 2.45) is 10.1 Å². The number of aryl methyl sites for hydroxylation is 2. The zero-order valence-electron chi connectivity index (χ0n) is 25.6. The maximum atomic E-state index is 14.2. The van der Waals surface area contributed by atoms with Crippen molar-refractivity contribution in [1.82, 2.24) is 4.90 Å². The van der Waals surface area contributed by atoms with E-state index in [4.69, 9.17) is 5.14 Å². The summed E-state index contributed by atoms with van der Waals surface area (Å²) in [6.07, 6.45) is 4.81. The predicted octanol–water partition coefficient (Wildman–Crippen LogP) is 6.65. The number of carbonyl (C=O) groups is 1. The Kier molecular flexibility index (Phi) is 14.5. The highest BCUT2D eigenvalue weighted by molar-refractivity contribution is 7.82. The molecule has 3 aromatic carbocycles. The minimum atomic E-state index is -1.58. The lowest BCUT2D eigenvalue weighted by molar-refractivity contribution is -0.118. The second-order valence-electron chi connectivity index (χ2n) is 10.1. The number of halogens is 2. The van der Waals surface area contributed by atoms with Gasteiger partial charge in [0.25, 0.3) is 0 Å². The van der Waals surface area contributed by atoms with Crippen LogP contribution in [0.5, 0.6) is 0 Å². The molecule has 0 saturated carbocycles. The van der Waals surface area contributed by atoms with E-state index in [-0.39, 0.29) is 24.1 Å². The summed E-state index contributed by atoms with van der Waals surface area (Å²) < 4.78 is 37.1. The number of anilines is 1. The van der Waals surface area contributed by atoms with Crippen LogP contribution >= 0.6 is 0 Å². The van der Waals surface area contributed by atoms with Crippen molar-refractivity contribution in [3.8, 4) is 0 Å². The van der Waals surface area contributed by atoms with Crippen LogP contribution in [0.15, 0.2) is 76.6 Å². The Morgan fingerprint density at radius 3 is 2.21 bits per heavy atom. The fourth-order valence-corrected chi connectivity index (χ4v) is 5.16. The van der Waals surface area contributed by atoms with Gasteiger partial charge in [-0.05, 0) is 84.7 Å². The molecule has 0 heterocycles. The fraction of sp³-hybridized carbons (Fsp3) is 0.394. The molecular weight excluding hydrogens is 554 g/mol. The highest BCUT2D eigenvalue weighted by Gasteiger charge is 2.24. The third kappa shape index (κ3) is 10.1. The lowest BCUT2D eigenvalue weighted by Gasteiger charge is -2.29. The number of carbonyl (C=O) groups excluding carboxylic acids is 1. The number of nitrogens with zero attached hydrogens (tertiary/aromatic N) is 3. The summed E-state index contributed by atoms with van der Waals surface area (Å²) in [4.78, 5) is 21.8. The smallest absolute Gasteiger partial charge is 0.228 e. The molecule has 0 bridgehead atoms. The number of aliphatic imine (C=N–C) groups is 1. The SMILES string of the molecule is CC.CN=C(CN(C(=O)CC(C)c1ccccc1F)c1ccc2c(c1)CCCC2)N(C)C.NS(=O)c1cccc(F)c1. The molecule has 1 amide bonds. The summed E-state index contributed by atoms with van der Waals surface area (Å²) in [7, 11) is 4.02. The Hall–Kier alpha value is -3.43. The minimum Gasteiger partial charge on any atom is -0.365 e. The average molecular weight is 599 g/mol. The third-order valence-corrected chi connectivity index (χ3v) is 7.68. The van der Waals surface area contributed by atoms with Crippen molar-refractivity contribution in [2.75, 3.05) is 32.6 Å². The van der Waals surface area contributed by atoms with E-state index in [1.54, 1.807) is 24.1 Å². The molecule has 0 fully saturated rings. The number of amides is 1. The maximum absolute atomic E-state index is 14.2. The van der Waals surface area contributed by atoms with Gasteiger partial charge < -0.3 is 9.80 Å². The van der Waals surface area contributed by atoms with Crippen molar-refractivity contribution in [1.29, 1.82) is 0 Å².